The molecule has 0 spiro atoms. The first-order valence-electron chi connectivity index (χ1n) is 5.70. The van der Waals surface area contributed by atoms with E-state index in [9.17, 15) is 19.3 Å². The molecule has 2 rings (SSSR count). The molecule has 20 heavy (non-hydrogen) atoms. The second kappa shape index (κ2) is 5.87. The summed E-state index contributed by atoms with van der Waals surface area (Å²) in [4.78, 5) is 25.1. The number of benzene rings is 1. The maximum Gasteiger partial charge on any atom is 0.269 e. The number of aromatic nitrogens is 1. The number of nitrogens with one attached hydrogen (secondary N) is 1. The van der Waals surface area contributed by atoms with Crippen LogP contribution < -0.4 is 5.32 Å². The lowest BCUT2D eigenvalue weighted by Crippen LogP contribution is -2.24. The summed E-state index contributed by atoms with van der Waals surface area (Å²) >= 11 is 0. The first kappa shape index (κ1) is 13.6. The fraction of sp³-hybridized carbons (Fsp3) is 0.0769. The smallest absolute Gasteiger partial charge is 0.269 e. The summed E-state index contributed by atoms with van der Waals surface area (Å²) in [6.07, 6.45) is 1.25. The summed E-state index contributed by atoms with van der Waals surface area (Å²) in [5, 5.41) is 13.0. The summed E-state index contributed by atoms with van der Waals surface area (Å²) in [7, 11) is 0. The van der Waals surface area contributed by atoms with Gasteiger partial charge in [0.1, 0.15) is 0 Å². The average molecular weight is 275 g/mol. The van der Waals surface area contributed by atoms with Gasteiger partial charge in [-0.2, -0.15) is 4.39 Å². The van der Waals surface area contributed by atoms with Gasteiger partial charge in [-0.3, -0.25) is 14.9 Å². The molecule has 2 aromatic rings. The second-order valence-corrected chi connectivity index (χ2v) is 3.95. The van der Waals surface area contributed by atoms with Gasteiger partial charge in [-0.1, -0.05) is 12.1 Å². The molecule has 7 heteroatoms. The Hall–Kier alpha value is -2.83. The van der Waals surface area contributed by atoms with E-state index >= 15 is 0 Å². The minimum atomic E-state index is -0.839. The zero-order chi connectivity index (χ0) is 14.5. The molecule has 0 aliphatic carbocycles. The topological polar surface area (TPSA) is 85.1 Å². The zero-order valence-electron chi connectivity index (χ0n) is 10.2. The Bertz CT molecular complexity index is 644. The van der Waals surface area contributed by atoms with Crippen LogP contribution in [0.3, 0.4) is 0 Å². The number of nitrogens with zero attached hydrogens (tertiary/aromatic N) is 2. The molecule has 0 saturated carbocycles. The highest BCUT2D eigenvalue weighted by atomic mass is 19.1. The van der Waals surface area contributed by atoms with E-state index in [0.717, 1.165) is 0 Å². The molecule has 1 amide bonds. The molecule has 0 aliphatic heterocycles. The molecule has 1 heterocycles. The Morgan fingerprint density at radius 1 is 1.30 bits per heavy atom. The minimum Gasteiger partial charge on any atom is -0.348 e. The standard InChI is InChI=1S/C13H10FN3O3/c14-12-11(2-1-7-15-12)13(18)16-8-9-3-5-10(6-4-9)17(19)20/h1-7H,8H2,(H,16,18). The number of rotatable bonds is 4. The molecule has 1 N–H and O–H groups in total. The second-order valence-electron chi connectivity index (χ2n) is 3.95. The molecular formula is C13H10FN3O3. The van der Waals surface area contributed by atoms with Crippen LogP contribution in [0, 0.1) is 16.1 Å². The Labute approximate surface area is 113 Å². The van der Waals surface area contributed by atoms with Crippen molar-refractivity contribution in [2.75, 3.05) is 0 Å². The first-order chi connectivity index (χ1) is 9.58. The number of carbonyl (C=O) groups is 1. The van der Waals surface area contributed by atoms with E-state index in [-0.39, 0.29) is 17.8 Å². The Morgan fingerprint density at radius 2 is 2.00 bits per heavy atom. The van der Waals surface area contributed by atoms with E-state index in [2.05, 4.69) is 10.3 Å². The van der Waals surface area contributed by atoms with E-state index in [1.54, 1.807) is 0 Å². The van der Waals surface area contributed by atoms with E-state index in [1.807, 2.05) is 0 Å². The molecular weight excluding hydrogens is 265 g/mol. The van der Waals surface area contributed by atoms with Crippen LogP contribution in [0.5, 0.6) is 0 Å². The largest absolute Gasteiger partial charge is 0.348 e. The highest BCUT2D eigenvalue weighted by Crippen LogP contribution is 2.12. The van der Waals surface area contributed by atoms with Gasteiger partial charge in [0.2, 0.25) is 5.95 Å². The number of halogens is 1. The number of hydrogen-bond donors (Lipinski definition) is 1. The van der Waals surface area contributed by atoms with Crippen molar-refractivity contribution < 1.29 is 14.1 Å². The predicted octanol–water partition coefficient (Wildman–Crippen LogP) is 2.06. The molecule has 102 valence electrons. The van der Waals surface area contributed by atoms with Crippen LogP contribution in [-0.2, 0) is 6.54 Å². The molecule has 1 aromatic heterocycles. The van der Waals surface area contributed by atoms with Crippen molar-refractivity contribution in [1.29, 1.82) is 0 Å². The lowest BCUT2D eigenvalue weighted by atomic mass is 10.2. The number of pyridine rings is 1. The molecule has 1 aromatic carbocycles. The van der Waals surface area contributed by atoms with Gasteiger partial charge in [0.15, 0.2) is 0 Å². The van der Waals surface area contributed by atoms with Gasteiger partial charge in [0.25, 0.3) is 11.6 Å². The van der Waals surface area contributed by atoms with Gasteiger partial charge in [-0.05, 0) is 17.7 Å². The summed E-state index contributed by atoms with van der Waals surface area (Å²) in [5.74, 6) is -1.43. The maximum absolute atomic E-state index is 13.3. The van der Waals surface area contributed by atoms with Crippen LogP contribution in [0.15, 0.2) is 42.6 Å². The molecule has 0 bridgehead atoms. The maximum atomic E-state index is 13.3. The monoisotopic (exact) mass is 275 g/mol. The average Bonchev–Trinajstić information content (AvgIpc) is 2.45. The summed E-state index contributed by atoms with van der Waals surface area (Å²) in [5.41, 5.74) is 0.501. The predicted molar refractivity (Wildman–Crippen MR) is 68.5 cm³/mol. The van der Waals surface area contributed by atoms with Crippen LogP contribution in [-0.4, -0.2) is 15.8 Å². The van der Waals surface area contributed by atoms with Crippen LogP contribution >= 0.6 is 0 Å². The molecule has 0 atom stereocenters. The van der Waals surface area contributed by atoms with Gasteiger partial charge in [0.05, 0.1) is 10.5 Å². The quantitative estimate of drug-likeness (QED) is 0.525. The number of amides is 1. The number of non-ortho nitro benzene ring substituents is 1. The van der Waals surface area contributed by atoms with Crippen molar-refractivity contribution in [3.63, 3.8) is 0 Å². The minimum absolute atomic E-state index is 0.0293. The lowest BCUT2D eigenvalue weighted by Gasteiger charge is -2.05. The summed E-state index contributed by atoms with van der Waals surface area (Å²) < 4.78 is 13.3. The Morgan fingerprint density at radius 3 is 2.60 bits per heavy atom. The SMILES string of the molecule is O=C(NCc1ccc([N+](=O)[O-])cc1)c1cccnc1F. The third kappa shape index (κ3) is 3.14. The molecule has 0 aliphatic rings. The van der Waals surface area contributed by atoms with E-state index < -0.39 is 16.8 Å². The van der Waals surface area contributed by atoms with Crippen LogP contribution in [0.1, 0.15) is 15.9 Å². The summed E-state index contributed by atoms with van der Waals surface area (Å²) in [6, 6.07) is 8.52. The fourth-order valence-corrected chi connectivity index (χ4v) is 1.57. The van der Waals surface area contributed by atoms with Gasteiger partial charge in [-0.15, -0.1) is 0 Å². The number of nitro groups is 1. The number of hydrogen-bond acceptors (Lipinski definition) is 4. The number of carbonyl (C=O) groups excluding carboxylic acids is 1. The lowest BCUT2D eigenvalue weighted by molar-refractivity contribution is -0.384. The fourth-order valence-electron chi connectivity index (χ4n) is 1.57. The van der Waals surface area contributed by atoms with Crippen molar-refractivity contribution in [2.24, 2.45) is 0 Å². The third-order valence-electron chi connectivity index (χ3n) is 2.60. The van der Waals surface area contributed by atoms with Crippen LogP contribution in [0.2, 0.25) is 0 Å². The highest BCUT2D eigenvalue weighted by Gasteiger charge is 2.11. The van der Waals surface area contributed by atoms with Crippen molar-refractivity contribution >= 4 is 11.6 Å². The van der Waals surface area contributed by atoms with Crippen molar-refractivity contribution in [2.45, 2.75) is 6.54 Å². The molecule has 6 nitrogen and oxygen atoms in total. The highest BCUT2D eigenvalue weighted by molar-refractivity contribution is 5.94. The zero-order valence-corrected chi connectivity index (χ0v) is 10.2. The molecule has 0 saturated heterocycles. The van der Waals surface area contributed by atoms with Gasteiger partial charge < -0.3 is 5.32 Å². The van der Waals surface area contributed by atoms with Gasteiger partial charge in [0, 0.05) is 24.9 Å². The van der Waals surface area contributed by atoms with Crippen LogP contribution in [0.4, 0.5) is 10.1 Å². The van der Waals surface area contributed by atoms with E-state index in [0.29, 0.717) is 5.56 Å². The Kier molecular flexibility index (Phi) is 3.99. The number of nitro benzene ring substituents is 1. The molecule has 0 radical (unpaired) electrons. The first-order valence-corrected chi connectivity index (χ1v) is 5.70. The van der Waals surface area contributed by atoms with Crippen molar-refractivity contribution in [3.05, 3.63) is 69.8 Å². The van der Waals surface area contributed by atoms with Crippen molar-refractivity contribution in [3.8, 4) is 0 Å². The summed E-state index contributed by atoms with van der Waals surface area (Å²) in [6.45, 7) is 0.144. The van der Waals surface area contributed by atoms with E-state index in [4.69, 9.17) is 0 Å². The van der Waals surface area contributed by atoms with E-state index in [1.165, 1.54) is 42.6 Å². The molecule has 0 unspecified atom stereocenters. The van der Waals surface area contributed by atoms with Crippen LogP contribution in [0.25, 0.3) is 0 Å². The third-order valence-corrected chi connectivity index (χ3v) is 2.60. The normalized spacial score (nSPS) is 10.1. The van der Waals surface area contributed by atoms with Gasteiger partial charge >= 0.3 is 0 Å². The van der Waals surface area contributed by atoms with Crippen molar-refractivity contribution in [1.82, 2.24) is 10.3 Å². The molecule has 0 fully saturated rings. The Balaban J connectivity index is 2.00. The van der Waals surface area contributed by atoms with Gasteiger partial charge in [-0.25, -0.2) is 4.98 Å².